The Morgan fingerprint density at radius 1 is 1.16 bits per heavy atom. The third kappa shape index (κ3) is 6.78. The third-order valence-electron chi connectivity index (χ3n) is 5.29. The molecule has 0 spiro atoms. The van der Waals surface area contributed by atoms with E-state index >= 15 is 0 Å². The van der Waals surface area contributed by atoms with Crippen LogP contribution in [-0.4, -0.2) is 48.4 Å². The van der Waals surface area contributed by atoms with E-state index in [1.807, 2.05) is 12.7 Å². The van der Waals surface area contributed by atoms with Crippen LogP contribution < -0.4 is 14.4 Å². The maximum atomic E-state index is 14.1. The Hall–Kier alpha value is -3.26. The number of ether oxygens (including phenoxy) is 1. The van der Waals surface area contributed by atoms with E-state index in [1.165, 1.54) is 54.6 Å². The van der Waals surface area contributed by atoms with Crippen molar-refractivity contribution in [3.8, 4) is 11.8 Å². The average molecular weight is 580 g/mol. The Kier molecular flexibility index (Phi) is 10.0. The van der Waals surface area contributed by atoms with Crippen LogP contribution in [0.25, 0.3) is 0 Å². The van der Waals surface area contributed by atoms with Gasteiger partial charge in [-0.2, -0.15) is 5.26 Å². The number of carbonyl (C=O) groups is 1. The minimum atomic E-state index is -4.01. The Morgan fingerprint density at radius 3 is 2.50 bits per heavy atom. The Bertz CT molecular complexity index is 1440. The highest BCUT2D eigenvalue weighted by Crippen LogP contribution is 2.37. The van der Waals surface area contributed by atoms with Crippen LogP contribution in [0.15, 0.2) is 65.6 Å². The maximum absolute atomic E-state index is 14.1. The van der Waals surface area contributed by atoms with Gasteiger partial charge in [0, 0.05) is 26.6 Å². The van der Waals surface area contributed by atoms with Crippen LogP contribution in [0, 0.1) is 17.1 Å². The zero-order valence-electron chi connectivity index (χ0n) is 20.6. The van der Waals surface area contributed by atoms with Crippen LogP contribution in [-0.2, 0) is 19.1 Å². The second-order valence-corrected chi connectivity index (χ2v) is 11.5. The second kappa shape index (κ2) is 13.0. The lowest BCUT2D eigenvalue weighted by Gasteiger charge is -2.31. The average Bonchev–Trinajstić information content (AvgIpc) is 2.92. The van der Waals surface area contributed by atoms with Gasteiger partial charge >= 0.3 is 0 Å². The minimum Gasteiger partial charge on any atom is -0.489 e. The van der Waals surface area contributed by atoms with Crippen LogP contribution in [0.5, 0.6) is 5.75 Å². The van der Waals surface area contributed by atoms with Crippen molar-refractivity contribution in [2.45, 2.75) is 4.90 Å². The van der Waals surface area contributed by atoms with Crippen molar-refractivity contribution in [1.29, 1.82) is 5.26 Å². The zero-order valence-corrected chi connectivity index (χ0v) is 23.1. The van der Waals surface area contributed by atoms with Crippen molar-refractivity contribution in [2.75, 3.05) is 43.7 Å². The number of carbonyl (C=O) groups excluding carboxylic acids is 1. The zero-order chi connectivity index (χ0) is 27.9. The molecule has 0 saturated heterocycles. The topological polar surface area (TPSA) is 118 Å². The predicted octanol–water partition coefficient (Wildman–Crippen LogP) is 5.41. The number of hydrogen-bond donors (Lipinski definition) is 1. The number of nitrogens with one attached hydrogen (secondary N) is 1. The van der Waals surface area contributed by atoms with Crippen molar-refractivity contribution in [2.24, 2.45) is 0 Å². The first-order valence-electron chi connectivity index (χ1n) is 11.0. The summed E-state index contributed by atoms with van der Waals surface area (Å²) >= 11 is 5.95. The molecule has 0 atom stereocenters. The highest BCUT2D eigenvalue weighted by Gasteiger charge is 2.31. The molecule has 0 bridgehead atoms. The summed E-state index contributed by atoms with van der Waals surface area (Å²) in [5, 5.41) is 11.6. The van der Waals surface area contributed by atoms with E-state index in [0.717, 1.165) is 10.4 Å². The normalized spacial score (nSPS) is 12.5. The molecule has 200 valence electrons. The molecule has 0 saturated carbocycles. The molecule has 1 heterocycles. The van der Waals surface area contributed by atoms with Gasteiger partial charge in [-0.15, -0.1) is 0 Å². The number of amides is 1. The summed E-state index contributed by atoms with van der Waals surface area (Å²) < 4.78 is 56.8. The Labute approximate surface area is 226 Å². The molecule has 4 rings (SSSR count). The molecular weight excluding hydrogens is 556 g/mol. The van der Waals surface area contributed by atoms with Gasteiger partial charge in [0.05, 0.1) is 39.3 Å². The van der Waals surface area contributed by atoms with Crippen molar-refractivity contribution in [1.82, 2.24) is 0 Å². The van der Waals surface area contributed by atoms with Crippen LogP contribution in [0.2, 0.25) is 5.02 Å². The summed E-state index contributed by atoms with van der Waals surface area (Å²) in [6.45, 7) is 2.05. The number of nitrogens with zero attached hydrogens (tertiary/aromatic N) is 2. The number of hydrogen-bond acceptors (Lipinski definition) is 7. The van der Waals surface area contributed by atoms with Gasteiger partial charge in [0.1, 0.15) is 18.2 Å². The summed E-state index contributed by atoms with van der Waals surface area (Å²) in [6.07, 6.45) is 0. The number of rotatable bonds is 6. The Morgan fingerprint density at radius 2 is 1.87 bits per heavy atom. The third-order valence-corrected chi connectivity index (χ3v) is 8.45. The Balaban J connectivity index is 0.000000599. The molecule has 0 unspecified atom stereocenters. The van der Waals surface area contributed by atoms with Crippen LogP contribution in [0.4, 0.5) is 15.8 Å². The van der Waals surface area contributed by atoms with Gasteiger partial charge in [-0.1, -0.05) is 23.7 Å². The maximum Gasteiger partial charge on any atom is 0.264 e. The van der Waals surface area contributed by atoms with E-state index in [1.54, 1.807) is 14.2 Å². The molecule has 3 aromatic carbocycles. The summed E-state index contributed by atoms with van der Waals surface area (Å²) in [5.74, 6) is -1.25. The smallest absolute Gasteiger partial charge is 0.264 e. The molecule has 9 nitrogen and oxygen atoms in total. The van der Waals surface area contributed by atoms with E-state index < -0.39 is 30.1 Å². The largest absolute Gasteiger partial charge is 0.489 e. The van der Waals surface area contributed by atoms with Crippen molar-refractivity contribution in [3.05, 3.63) is 82.6 Å². The van der Waals surface area contributed by atoms with Gasteiger partial charge in [-0.3, -0.25) is 9.10 Å². The highest BCUT2D eigenvalue weighted by atomic mass is 35.5. The molecule has 1 amide bonds. The van der Waals surface area contributed by atoms with Gasteiger partial charge < -0.3 is 19.1 Å². The fourth-order valence-electron chi connectivity index (χ4n) is 3.36. The summed E-state index contributed by atoms with van der Waals surface area (Å²) in [7, 11) is -1.32. The lowest BCUT2D eigenvalue weighted by molar-refractivity contribution is 0.102. The quantitative estimate of drug-likeness (QED) is 0.388. The highest BCUT2D eigenvalue weighted by molar-refractivity contribution is 7.92. The van der Waals surface area contributed by atoms with Crippen LogP contribution in [0.1, 0.15) is 15.9 Å². The van der Waals surface area contributed by atoms with E-state index in [0.29, 0.717) is 5.75 Å². The summed E-state index contributed by atoms with van der Waals surface area (Å²) in [4.78, 5) is 12.5. The van der Waals surface area contributed by atoms with Gasteiger partial charge in [0.2, 0.25) is 0 Å². The molecular formula is C25H24ClFN3O6PS. The molecule has 0 radical (unpaired) electrons. The molecule has 0 aliphatic carbocycles. The molecule has 38 heavy (non-hydrogen) atoms. The van der Waals surface area contributed by atoms with Gasteiger partial charge in [0.15, 0.2) is 8.38 Å². The number of anilines is 2. The van der Waals surface area contributed by atoms with Crippen LogP contribution in [0.3, 0.4) is 0 Å². The van der Waals surface area contributed by atoms with Crippen molar-refractivity contribution in [3.63, 3.8) is 0 Å². The van der Waals surface area contributed by atoms with Crippen molar-refractivity contribution >= 4 is 47.3 Å². The van der Waals surface area contributed by atoms with Gasteiger partial charge in [-0.25, -0.2) is 12.8 Å². The molecule has 3 aromatic rings. The number of sulfonamides is 1. The monoisotopic (exact) mass is 579 g/mol. The lowest BCUT2D eigenvalue weighted by atomic mass is 10.2. The first-order chi connectivity index (χ1) is 18.1. The van der Waals surface area contributed by atoms with Crippen LogP contribution >= 0.6 is 20.0 Å². The van der Waals surface area contributed by atoms with E-state index in [-0.39, 0.29) is 45.6 Å². The number of halogens is 2. The first kappa shape index (κ1) is 29.3. The molecule has 0 aromatic heterocycles. The molecule has 1 aliphatic rings. The molecule has 0 fully saturated rings. The van der Waals surface area contributed by atoms with Gasteiger partial charge in [0.25, 0.3) is 15.9 Å². The first-order valence-corrected chi connectivity index (χ1v) is 14.4. The summed E-state index contributed by atoms with van der Waals surface area (Å²) in [5.41, 5.74) is 0.323. The standard InChI is InChI=1S/C22H15ClFN3O4S.C3H9O2P/c23-17-5-2-6-18(24)21(17)22(28)26-15-7-8-20-19(12-15)27(9-10-31-20)32(29,30)16-4-1-3-14(11-16)13-25;1-4-6(3)5-2/h1-8,11-12H,9-10H2,(H,26,28);1-3H3. The molecule has 1 aliphatic heterocycles. The van der Waals surface area contributed by atoms with E-state index in [2.05, 4.69) is 5.32 Å². The number of benzene rings is 3. The predicted molar refractivity (Wildman–Crippen MR) is 144 cm³/mol. The lowest BCUT2D eigenvalue weighted by Crippen LogP contribution is -2.38. The minimum absolute atomic E-state index is 0.0304. The number of nitriles is 1. The summed E-state index contributed by atoms with van der Waals surface area (Å²) in [6, 6.07) is 15.9. The van der Waals surface area contributed by atoms with Gasteiger partial charge in [-0.05, 0) is 48.5 Å². The van der Waals surface area contributed by atoms with E-state index in [9.17, 15) is 17.6 Å². The van der Waals surface area contributed by atoms with E-state index in [4.69, 9.17) is 30.6 Å². The van der Waals surface area contributed by atoms with Crippen molar-refractivity contribution < 1.29 is 31.4 Å². The SMILES string of the molecule is COP(C)OC.N#Cc1cccc(S(=O)(=O)N2CCOc3ccc(NC(=O)c4c(F)cccc4Cl)cc32)c1. The fraction of sp³-hybridized carbons (Fsp3) is 0.200. The fourth-order valence-corrected chi connectivity index (χ4v) is 5.25. The second-order valence-electron chi connectivity index (χ2n) is 7.60. The molecule has 1 N–H and O–H groups in total. The molecule has 13 heteroatoms. The number of fused-ring (bicyclic) bond motifs is 1.